The fraction of sp³-hybridized carbons (Fsp3) is 0.417. The van der Waals surface area contributed by atoms with Crippen molar-refractivity contribution in [3.63, 3.8) is 0 Å². The number of benzene rings is 1. The normalized spacial score (nSPS) is 27.6. The second-order valence-corrected chi connectivity index (χ2v) is 7.87. The van der Waals surface area contributed by atoms with Gasteiger partial charge in [0.15, 0.2) is 0 Å². The minimum atomic E-state index is -0.483. The molecular weight excluding hydrogens is 364 g/mol. The first kappa shape index (κ1) is 19.6. The van der Waals surface area contributed by atoms with Gasteiger partial charge in [-0.15, -0.1) is 0 Å². The maximum atomic E-state index is 13.4. The minimum absolute atomic E-state index is 0.189. The van der Waals surface area contributed by atoms with E-state index in [1.165, 1.54) is 5.56 Å². The zero-order valence-corrected chi connectivity index (χ0v) is 16.8. The lowest BCUT2D eigenvalue weighted by molar-refractivity contribution is -0.146. The summed E-state index contributed by atoms with van der Waals surface area (Å²) in [6, 6.07) is 9.69. The molecule has 1 aliphatic carbocycles. The van der Waals surface area contributed by atoms with E-state index in [4.69, 9.17) is 4.74 Å². The van der Waals surface area contributed by atoms with Gasteiger partial charge in [-0.3, -0.25) is 9.59 Å². The number of rotatable bonds is 6. The van der Waals surface area contributed by atoms with Gasteiger partial charge in [0.05, 0.1) is 12.5 Å². The van der Waals surface area contributed by atoms with Crippen LogP contribution in [0.2, 0.25) is 0 Å². The third-order valence-electron chi connectivity index (χ3n) is 6.30. The Balaban J connectivity index is 1.60. The van der Waals surface area contributed by atoms with Crippen LogP contribution in [0.3, 0.4) is 0 Å². The smallest absolute Gasteiger partial charge is 0.323 e. The van der Waals surface area contributed by atoms with Gasteiger partial charge in [0.2, 0.25) is 0 Å². The fourth-order valence-electron chi connectivity index (χ4n) is 4.90. The lowest BCUT2D eigenvalue weighted by atomic mass is 9.63. The Hall–Kier alpha value is -2.66. The molecule has 1 spiro atoms. The number of ether oxygens (including phenoxy) is 1. The second kappa shape index (κ2) is 8.37. The predicted octanol–water partition coefficient (Wildman–Crippen LogP) is 2.70. The first-order valence-corrected chi connectivity index (χ1v) is 10.4. The van der Waals surface area contributed by atoms with Crippen LogP contribution in [0.5, 0.6) is 0 Å². The molecule has 3 atom stereocenters. The maximum absolute atomic E-state index is 13.4. The molecule has 0 aromatic heterocycles. The Labute approximate surface area is 171 Å². The van der Waals surface area contributed by atoms with Crippen LogP contribution in [0.4, 0.5) is 0 Å². The summed E-state index contributed by atoms with van der Waals surface area (Å²) in [5.74, 6) is -0.186. The highest BCUT2D eigenvalue weighted by molar-refractivity contribution is 5.85. The molecule has 5 nitrogen and oxygen atoms in total. The average molecular weight is 392 g/mol. The molecule has 3 aliphatic rings. The molecule has 1 fully saturated rings. The van der Waals surface area contributed by atoms with Gasteiger partial charge in [0, 0.05) is 30.6 Å². The van der Waals surface area contributed by atoms with Crippen LogP contribution in [0, 0.1) is 11.3 Å². The molecule has 2 aliphatic heterocycles. The molecule has 29 heavy (non-hydrogen) atoms. The Kier molecular flexibility index (Phi) is 5.67. The number of Topliss-reactive ketones (excluding diaryl/α,β-unsaturated/α-hetero) is 1. The zero-order chi connectivity index (χ0) is 20.3. The standard InChI is InChI=1S/C24H28N2O3/c1-2-29-23(28)20-15-24-18(13-14-25-20)9-6-10-22(24)26-16-19(24)21(27)12-11-17-7-4-3-5-8-17/h3-10,13,19-20,25-26H,2,11-12,14-16H2,1H3. The maximum Gasteiger partial charge on any atom is 0.323 e. The van der Waals surface area contributed by atoms with Gasteiger partial charge in [-0.2, -0.15) is 0 Å². The van der Waals surface area contributed by atoms with Crippen LogP contribution in [0.1, 0.15) is 25.3 Å². The van der Waals surface area contributed by atoms with Gasteiger partial charge in [-0.05, 0) is 37.0 Å². The number of ketones is 1. The molecule has 2 heterocycles. The molecular formula is C24H28N2O3. The molecule has 1 saturated heterocycles. The first-order valence-electron chi connectivity index (χ1n) is 10.4. The summed E-state index contributed by atoms with van der Waals surface area (Å²) >= 11 is 0. The summed E-state index contributed by atoms with van der Waals surface area (Å²) in [6.07, 6.45) is 10.0. The topological polar surface area (TPSA) is 67.4 Å². The Morgan fingerprint density at radius 1 is 1.24 bits per heavy atom. The highest BCUT2D eigenvalue weighted by Gasteiger charge is 2.54. The molecule has 0 amide bonds. The fourth-order valence-corrected chi connectivity index (χ4v) is 4.90. The molecule has 4 rings (SSSR count). The van der Waals surface area contributed by atoms with E-state index < -0.39 is 11.5 Å². The van der Waals surface area contributed by atoms with Crippen molar-refractivity contribution in [1.82, 2.24) is 10.6 Å². The summed E-state index contributed by atoms with van der Waals surface area (Å²) in [4.78, 5) is 25.9. The Bertz CT molecular complexity index is 871. The van der Waals surface area contributed by atoms with E-state index in [1.807, 2.05) is 31.2 Å². The molecule has 2 N–H and O–H groups in total. The van der Waals surface area contributed by atoms with E-state index in [-0.39, 0.29) is 17.7 Å². The van der Waals surface area contributed by atoms with E-state index in [0.717, 1.165) is 17.7 Å². The van der Waals surface area contributed by atoms with Crippen molar-refractivity contribution < 1.29 is 14.3 Å². The Morgan fingerprint density at radius 3 is 2.86 bits per heavy atom. The number of nitrogens with one attached hydrogen (secondary N) is 2. The number of hydrogen-bond donors (Lipinski definition) is 2. The molecule has 5 heteroatoms. The van der Waals surface area contributed by atoms with Crippen LogP contribution in [-0.4, -0.2) is 37.5 Å². The van der Waals surface area contributed by atoms with Crippen molar-refractivity contribution in [1.29, 1.82) is 0 Å². The van der Waals surface area contributed by atoms with Gasteiger partial charge >= 0.3 is 5.97 Å². The van der Waals surface area contributed by atoms with Crippen molar-refractivity contribution >= 4 is 11.8 Å². The van der Waals surface area contributed by atoms with Gasteiger partial charge in [0.25, 0.3) is 0 Å². The lowest BCUT2D eigenvalue weighted by Gasteiger charge is -2.38. The number of aryl methyl sites for hydroxylation is 1. The number of carbonyl (C=O) groups excluding carboxylic acids is 2. The third-order valence-corrected chi connectivity index (χ3v) is 6.30. The molecule has 0 saturated carbocycles. The molecule has 0 radical (unpaired) electrons. The molecule has 1 aromatic rings. The van der Waals surface area contributed by atoms with E-state index in [2.05, 4.69) is 41.0 Å². The molecule has 152 valence electrons. The Morgan fingerprint density at radius 2 is 2.07 bits per heavy atom. The predicted molar refractivity (Wildman–Crippen MR) is 112 cm³/mol. The van der Waals surface area contributed by atoms with Crippen LogP contribution in [-0.2, 0) is 20.7 Å². The summed E-state index contributed by atoms with van der Waals surface area (Å²) in [5, 5.41) is 6.76. The van der Waals surface area contributed by atoms with Crippen molar-refractivity contribution in [2.24, 2.45) is 11.3 Å². The minimum Gasteiger partial charge on any atom is -0.465 e. The number of carbonyl (C=O) groups is 2. The van der Waals surface area contributed by atoms with Gasteiger partial charge < -0.3 is 15.4 Å². The molecule has 1 aromatic carbocycles. The highest BCUT2D eigenvalue weighted by atomic mass is 16.5. The van der Waals surface area contributed by atoms with Crippen molar-refractivity contribution in [3.05, 3.63) is 71.5 Å². The molecule has 0 bridgehead atoms. The quantitative estimate of drug-likeness (QED) is 0.729. The van der Waals surface area contributed by atoms with Crippen molar-refractivity contribution in [2.75, 3.05) is 19.7 Å². The molecule has 3 unspecified atom stereocenters. The zero-order valence-electron chi connectivity index (χ0n) is 16.8. The summed E-state index contributed by atoms with van der Waals surface area (Å²) < 4.78 is 5.30. The van der Waals surface area contributed by atoms with Crippen molar-refractivity contribution in [2.45, 2.75) is 32.2 Å². The summed E-state index contributed by atoms with van der Waals surface area (Å²) in [7, 11) is 0. The van der Waals surface area contributed by atoms with E-state index in [1.54, 1.807) is 0 Å². The van der Waals surface area contributed by atoms with Crippen LogP contribution in [0.25, 0.3) is 0 Å². The van der Waals surface area contributed by atoms with E-state index in [0.29, 0.717) is 32.5 Å². The lowest BCUT2D eigenvalue weighted by Crippen LogP contribution is -2.45. The second-order valence-electron chi connectivity index (χ2n) is 7.87. The largest absolute Gasteiger partial charge is 0.465 e. The van der Waals surface area contributed by atoms with Gasteiger partial charge in [-0.25, -0.2) is 0 Å². The first-order chi connectivity index (χ1) is 14.1. The highest BCUT2D eigenvalue weighted by Crippen LogP contribution is 2.52. The summed E-state index contributed by atoms with van der Waals surface area (Å²) in [6.45, 7) is 3.36. The number of hydrogen-bond acceptors (Lipinski definition) is 5. The van der Waals surface area contributed by atoms with Crippen LogP contribution >= 0.6 is 0 Å². The van der Waals surface area contributed by atoms with E-state index in [9.17, 15) is 9.59 Å². The van der Waals surface area contributed by atoms with Gasteiger partial charge in [-0.1, -0.05) is 48.6 Å². The number of allylic oxidation sites excluding steroid dienone is 4. The number of esters is 1. The van der Waals surface area contributed by atoms with Gasteiger partial charge in [0.1, 0.15) is 11.8 Å². The third kappa shape index (κ3) is 3.67. The average Bonchev–Trinajstić information content (AvgIpc) is 2.99. The SMILES string of the molecule is CCOC(=O)C1CC23C(=CCN1)C=CC=C2NCC3C(=O)CCc1ccccc1. The van der Waals surface area contributed by atoms with Crippen LogP contribution in [0.15, 0.2) is 65.9 Å². The van der Waals surface area contributed by atoms with E-state index >= 15 is 0 Å². The van der Waals surface area contributed by atoms with Crippen molar-refractivity contribution in [3.8, 4) is 0 Å². The monoisotopic (exact) mass is 392 g/mol. The van der Waals surface area contributed by atoms with Crippen LogP contribution < -0.4 is 10.6 Å². The summed E-state index contributed by atoms with van der Waals surface area (Å²) in [5.41, 5.74) is 2.86.